The highest BCUT2D eigenvalue weighted by atomic mass is 32.1. The van der Waals surface area contributed by atoms with Crippen LogP contribution >= 0.6 is 12.6 Å². The summed E-state index contributed by atoms with van der Waals surface area (Å²) >= 11 is 4.05. The maximum absolute atomic E-state index is 12.5. The molecule has 66 valence electrons. The van der Waals surface area contributed by atoms with E-state index in [0.29, 0.717) is 5.88 Å². The van der Waals surface area contributed by atoms with Gasteiger partial charge in [0.2, 0.25) is 0 Å². The van der Waals surface area contributed by atoms with Gasteiger partial charge in [-0.25, -0.2) is 4.39 Å². The first-order valence-corrected chi connectivity index (χ1v) is 4.47. The molecule has 0 aromatic heterocycles. The summed E-state index contributed by atoms with van der Waals surface area (Å²) in [6.45, 7) is 2.02. The first-order chi connectivity index (χ1) is 5.74. The molecule has 1 nitrogen and oxygen atoms in total. The van der Waals surface area contributed by atoms with Crippen LogP contribution in [0, 0.1) is 5.82 Å². The van der Waals surface area contributed by atoms with E-state index in [-0.39, 0.29) is 11.9 Å². The van der Waals surface area contributed by atoms with Crippen molar-refractivity contribution in [2.75, 3.05) is 5.88 Å². The zero-order valence-electron chi connectivity index (χ0n) is 6.92. The number of benzene rings is 1. The number of hydrogen-bond donors (Lipinski definition) is 2. The monoisotopic (exact) mass is 185 g/mol. The minimum absolute atomic E-state index is 0.197. The molecule has 0 spiro atoms. The summed E-state index contributed by atoms with van der Waals surface area (Å²) in [4.78, 5) is 0. The van der Waals surface area contributed by atoms with E-state index in [1.165, 1.54) is 12.1 Å². The normalized spacial score (nSPS) is 12.9. The molecule has 3 heteroatoms. The first kappa shape index (κ1) is 9.55. The zero-order chi connectivity index (χ0) is 8.97. The molecule has 0 saturated heterocycles. The van der Waals surface area contributed by atoms with E-state index in [2.05, 4.69) is 17.9 Å². The fraction of sp³-hybridized carbons (Fsp3) is 0.333. The summed E-state index contributed by atoms with van der Waals surface area (Å²) in [7, 11) is 0. The van der Waals surface area contributed by atoms with Crippen LogP contribution in [0.4, 0.5) is 4.39 Å². The van der Waals surface area contributed by atoms with Crippen LogP contribution in [0.5, 0.6) is 0 Å². The molecule has 0 saturated carbocycles. The summed E-state index contributed by atoms with van der Waals surface area (Å²) in [6, 6.07) is 6.70. The fourth-order valence-electron chi connectivity index (χ4n) is 1.01. The van der Waals surface area contributed by atoms with E-state index >= 15 is 0 Å². The zero-order valence-corrected chi connectivity index (χ0v) is 7.81. The van der Waals surface area contributed by atoms with E-state index in [1.54, 1.807) is 12.1 Å². The Kier molecular flexibility index (Phi) is 3.56. The van der Waals surface area contributed by atoms with E-state index in [9.17, 15) is 4.39 Å². The van der Waals surface area contributed by atoms with Gasteiger partial charge in [-0.3, -0.25) is 0 Å². The Labute approximate surface area is 77.4 Å². The number of halogens is 1. The van der Waals surface area contributed by atoms with Crippen molar-refractivity contribution in [2.45, 2.75) is 13.0 Å². The van der Waals surface area contributed by atoms with Gasteiger partial charge >= 0.3 is 0 Å². The highest BCUT2D eigenvalue weighted by Crippen LogP contribution is 2.12. The second-order valence-corrected chi connectivity index (χ2v) is 2.95. The number of thiol groups is 1. The molecule has 0 fully saturated rings. The maximum Gasteiger partial charge on any atom is 0.123 e. The van der Waals surface area contributed by atoms with Crippen molar-refractivity contribution in [1.82, 2.24) is 5.32 Å². The minimum Gasteiger partial charge on any atom is -0.301 e. The predicted octanol–water partition coefficient (Wildman–Crippen LogP) is 2.36. The van der Waals surface area contributed by atoms with Gasteiger partial charge in [0.15, 0.2) is 0 Å². The number of rotatable bonds is 3. The van der Waals surface area contributed by atoms with Crippen LogP contribution in [-0.2, 0) is 0 Å². The standard InChI is InChI=1S/C9H12FNS/c1-7(11-6-12)8-2-4-9(10)5-3-8/h2-5,7,11-12H,6H2,1H3. The predicted molar refractivity (Wildman–Crippen MR) is 51.8 cm³/mol. The molecule has 0 aliphatic carbocycles. The second kappa shape index (κ2) is 4.48. The van der Waals surface area contributed by atoms with Gasteiger partial charge in [0, 0.05) is 11.9 Å². The molecule has 1 unspecified atom stereocenters. The van der Waals surface area contributed by atoms with Crippen LogP contribution in [0.25, 0.3) is 0 Å². The van der Waals surface area contributed by atoms with E-state index in [0.717, 1.165) is 5.56 Å². The molecular weight excluding hydrogens is 173 g/mol. The molecule has 0 aliphatic rings. The lowest BCUT2D eigenvalue weighted by Crippen LogP contribution is -2.16. The van der Waals surface area contributed by atoms with Crippen molar-refractivity contribution in [3.63, 3.8) is 0 Å². The van der Waals surface area contributed by atoms with Gasteiger partial charge in [-0.2, -0.15) is 12.6 Å². The third-order valence-corrected chi connectivity index (χ3v) is 1.95. The Balaban J connectivity index is 2.68. The molecular formula is C9H12FNS. The molecule has 1 aromatic carbocycles. The lowest BCUT2D eigenvalue weighted by Gasteiger charge is -2.11. The van der Waals surface area contributed by atoms with Gasteiger partial charge in [0.1, 0.15) is 5.82 Å². The molecule has 12 heavy (non-hydrogen) atoms. The first-order valence-electron chi connectivity index (χ1n) is 3.83. The Morgan fingerprint density at radius 1 is 1.42 bits per heavy atom. The summed E-state index contributed by atoms with van der Waals surface area (Å²) < 4.78 is 12.5. The summed E-state index contributed by atoms with van der Waals surface area (Å²) in [5.74, 6) is 0.426. The second-order valence-electron chi connectivity index (χ2n) is 2.64. The van der Waals surface area contributed by atoms with Gasteiger partial charge in [-0.1, -0.05) is 12.1 Å². The van der Waals surface area contributed by atoms with Crippen molar-refractivity contribution in [3.8, 4) is 0 Å². The van der Waals surface area contributed by atoms with Gasteiger partial charge in [-0.05, 0) is 24.6 Å². The molecule has 1 rings (SSSR count). The van der Waals surface area contributed by atoms with Crippen LogP contribution in [0.3, 0.4) is 0 Å². The van der Waals surface area contributed by atoms with Crippen molar-refractivity contribution in [2.24, 2.45) is 0 Å². The molecule has 0 amide bonds. The summed E-state index contributed by atoms with van der Waals surface area (Å²) in [5.41, 5.74) is 1.07. The van der Waals surface area contributed by atoms with E-state index < -0.39 is 0 Å². The van der Waals surface area contributed by atoms with Gasteiger partial charge in [0.25, 0.3) is 0 Å². The SMILES string of the molecule is CC(NCS)c1ccc(F)cc1. The maximum atomic E-state index is 12.5. The average molecular weight is 185 g/mol. The average Bonchev–Trinajstić information content (AvgIpc) is 2.06. The topological polar surface area (TPSA) is 12.0 Å². The molecule has 0 heterocycles. The van der Waals surface area contributed by atoms with Gasteiger partial charge in [0.05, 0.1) is 0 Å². The van der Waals surface area contributed by atoms with Gasteiger partial charge < -0.3 is 5.32 Å². The summed E-state index contributed by atoms with van der Waals surface area (Å²) in [6.07, 6.45) is 0. The van der Waals surface area contributed by atoms with Crippen molar-refractivity contribution in [1.29, 1.82) is 0 Å². The van der Waals surface area contributed by atoms with Crippen LogP contribution in [0.2, 0.25) is 0 Å². The minimum atomic E-state index is -0.197. The molecule has 1 N–H and O–H groups in total. The largest absolute Gasteiger partial charge is 0.301 e. The quantitative estimate of drug-likeness (QED) is 0.544. The van der Waals surface area contributed by atoms with Crippen molar-refractivity contribution < 1.29 is 4.39 Å². The highest BCUT2D eigenvalue weighted by Gasteiger charge is 2.02. The van der Waals surface area contributed by atoms with E-state index in [4.69, 9.17) is 0 Å². The highest BCUT2D eigenvalue weighted by molar-refractivity contribution is 7.80. The third kappa shape index (κ3) is 2.50. The third-order valence-electron chi connectivity index (χ3n) is 1.77. The summed E-state index contributed by atoms with van der Waals surface area (Å²) in [5, 5.41) is 3.12. The van der Waals surface area contributed by atoms with E-state index in [1.807, 2.05) is 6.92 Å². The van der Waals surface area contributed by atoms with Crippen LogP contribution < -0.4 is 5.32 Å². The fourth-order valence-corrected chi connectivity index (χ4v) is 1.28. The van der Waals surface area contributed by atoms with Gasteiger partial charge in [-0.15, -0.1) is 0 Å². The van der Waals surface area contributed by atoms with Crippen LogP contribution in [0.15, 0.2) is 24.3 Å². The molecule has 0 bridgehead atoms. The van der Waals surface area contributed by atoms with Crippen molar-refractivity contribution in [3.05, 3.63) is 35.6 Å². The van der Waals surface area contributed by atoms with Crippen LogP contribution in [0.1, 0.15) is 18.5 Å². The smallest absolute Gasteiger partial charge is 0.123 e. The molecule has 0 aliphatic heterocycles. The lowest BCUT2D eigenvalue weighted by molar-refractivity contribution is 0.616. The van der Waals surface area contributed by atoms with Crippen LogP contribution in [-0.4, -0.2) is 5.88 Å². The Morgan fingerprint density at radius 3 is 2.50 bits per heavy atom. The molecule has 1 aromatic rings. The molecule has 1 atom stereocenters. The Morgan fingerprint density at radius 2 is 2.00 bits per heavy atom. The Bertz CT molecular complexity index is 235. The Hall–Kier alpha value is -0.540. The lowest BCUT2D eigenvalue weighted by atomic mass is 10.1. The number of hydrogen-bond acceptors (Lipinski definition) is 2. The van der Waals surface area contributed by atoms with Crippen molar-refractivity contribution >= 4 is 12.6 Å². The number of nitrogens with one attached hydrogen (secondary N) is 1. The molecule has 0 radical (unpaired) electrons.